The number of rotatable bonds is 1. The molecule has 1 aliphatic carbocycles. The normalized spacial score (nSPS) is 22.0. The molecule has 2 atom stereocenters. The highest BCUT2D eigenvalue weighted by atomic mass is 16.5. The van der Waals surface area contributed by atoms with Gasteiger partial charge < -0.3 is 10.5 Å². The molecule has 0 amide bonds. The van der Waals surface area contributed by atoms with Crippen molar-refractivity contribution in [3.05, 3.63) is 58.7 Å². The number of hydrogen-bond donors (Lipinski definition) is 1. The quantitative estimate of drug-likeness (QED) is 0.808. The fraction of sp³-hybridized carbons (Fsp3) is 0.278. The molecule has 3 heteroatoms. The summed E-state index contributed by atoms with van der Waals surface area (Å²) in [6, 6.07) is 11.8. The molecule has 0 spiro atoms. The molecule has 0 radical (unpaired) electrons. The van der Waals surface area contributed by atoms with Crippen LogP contribution in [0.3, 0.4) is 0 Å². The van der Waals surface area contributed by atoms with Crippen LogP contribution in [0.2, 0.25) is 0 Å². The van der Waals surface area contributed by atoms with Crippen LogP contribution in [0.25, 0.3) is 0 Å². The van der Waals surface area contributed by atoms with Gasteiger partial charge in [-0.15, -0.1) is 0 Å². The SMILES string of the molecule is CC(C)c1ccc2c(c1)OC1c3cccc(N)c3C(=O)C21. The van der Waals surface area contributed by atoms with Gasteiger partial charge >= 0.3 is 0 Å². The lowest BCUT2D eigenvalue weighted by Gasteiger charge is -2.11. The van der Waals surface area contributed by atoms with Gasteiger partial charge in [-0.1, -0.05) is 38.1 Å². The van der Waals surface area contributed by atoms with E-state index in [9.17, 15) is 4.79 Å². The molecule has 0 fully saturated rings. The molecular formula is C18H17NO2. The minimum absolute atomic E-state index is 0.0872. The maximum Gasteiger partial charge on any atom is 0.177 e. The summed E-state index contributed by atoms with van der Waals surface area (Å²) < 4.78 is 6.10. The Bertz CT molecular complexity index is 764. The second kappa shape index (κ2) is 4.10. The maximum absolute atomic E-state index is 12.7. The van der Waals surface area contributed by atoms with Crippen LogP contribution in [0.4, 0.5) is 5.69 Å². The van der Waals surface area contributed by atoms with Crippen molar-refractivity contribution in [3.8, 4) is 5.75 Å². The van der Waals surface area contributed by atoms with Gasteiger partial charge in [0.15, 0.2) is 5.78 Å². The molecule has 0 saturated heterocycles. The molecule has 4 rings (SSSR count). The number of benzene rings is 2. The first-order valence-electron chi connectivity index (χ1n) is 7.31. The molecule has 2 unspecified atom stereocenters. The van der Waals surface area contributed by atoms with E-state index in [0.717, 1.165) is 16.9 Å². The summed E-state index contributed by atoms with van der Waals surface area (Å²) in [5.74, 6) is 1.14. The first-order chi connectivity index (χ1) is 10.1. The molecule has 1 heterocycles. The second-order valence-corrected chi connectivity index (χ2v) is 6.14. The highest BCUT2D eigenvalue weighted by Gasteiger charge is 2.48. The number of Topliss-reactive ketones (excluding diaryl/α,β-unsaturated/α-hetero) is 1. The number of ether oxygens (including phenoxy) is 1. The third kappa shape index (κ3) is 1.57. The van der Waals surface area contributed by atoms with Crippen molar-refractivity contribution in [1.82, 2.24) is 0 Å². The van der Waals surface area contributed by atoms with Crippen LogP contribution in [0.1, 0.15) is 58.8 Å². The predicted octanol–water partition coefficient (Wildman–Crippen LogP) is 3.81. The Morgan fingerprint density at radius 2 is 1.95 bits per heavy atom. The Kier molecular flexibility index (Phi) is 2.43. The summed E-state index contributed by atoms with van der Waals surface area (Å²) in [6.45, 7) is 4.30. The molecule has 2 aliphatic rings. The highest BCUT2D eigenvalue weighted by molar-refractivity contribution is 6.10. The molecule has 0 aromatic heterocycles. The Morgan fingerprint density at radius 1 is 1.14 bits per heavy atom. The predicted molar refractivity (Wildman–Crippen MR) is 81.8 cm³/mol. The fourth-order valence-electron chi connectivity index (χ4n) is 3.42. The lowest BCUT2D eigenvalue weighted by molar-refractivity contribution is 0.0935. The lowest BCUT2D eigenvalue weighted by atomic mass is 9.92. The minimum atomic E-state index is -0.235. The number of carbonyl (C=O) groups is 1. The molecule has 106 valence electrons. The van der Waals surface area contributed by atoms with E-state index in [0.29, 0.717) is 17.2 Å². The number of fused-ring (bicyclic) bond motifs is 5. The van der Waals surface area contributed by atoms with Crippen LogP contribution < -0.4 is 10.5 Å². The molecule has 1 aliphatic heterocycles. The Labute approximate surface area is 123 Å². The first kappa shape index (κ1) is 12.5. The molecule has 3 nitrogen and oxygen atoms in total. The van der Waals surface area contributed by atoms with Crippen molar-refractivity contribution in [3.63, 3.8) is 0 Å². The Morgan fingerprint density at radius 3 is 2.71 bits per heavy atom. The molecule has 21 heavy (non-hydrogen) atoms. The zero-order chi connectivity index (χ0) is 14.7. The summed E-state index contributed by atoms with van der Waals surface area (Å²) in [6.07, 6.45) is -0.214. The standard InChI is InChI=1S/C18H17NO2/c1-9(2)10-6-7-11-14(8-10)21-18-12-4-3-5-13(19)15(12)17(20)16(11)18/h3-9,16,18H,19H2,1-2H3. The number of anilines is 1. The van der Waals surface area contributed by atoms with E-state index in [2.05, 4.69) is 26.0 Å². The van der Waals surface area contributed by atoms with Crippen LogP contribution in [0.5, 0.6) is 5.75 Å². The van der Waals surface area contributed by atoms with Gasteiger partial charge in [0.25, 0.3) is 0 Å². The summed E-state index contributed by atoms with van der Waals surface area (Å²) in [7, 11) is 0. The van der Waals surface area contributed by atoms with Gasteiger partial charge in [-0.05, 0) is 23.6 Å². The van der Waals surface area contributed by atoms with Gasteiger partial charge in [0.2, 0.25) is 0 Å². The van der Waals surface area contributed by atoms with E-state index in [1.54, 1.807) is 6.07 Å². The van der Waals surface area contributed by atoms with Crippen LogP contribution in [-0.2, 0) is 0 Å². The number of carbonyl (C=O) groups excluding carboxylic acids is 1. The minimum Gasteiger partial charge on any atom is -0.484 e. The molecule has 0 saturated carbocycles. The molecule has 2 aromatic rings. The third-order valence-corrected chi connectivity index (χ3v) is 4.56. The van der Waals surface area contributed by atoms with E-state index in [4.69, 9.17) is 10.5 Å². The van der Waals surface area contributed by atoms with E-state index in [1.807, 2.05) is 18.2 Å². The van der Waals surface area contributed by atoms with Crippen molar-refractivity contribution < 1.29 is 9.53 Å². The lowest BCUT2D eigenvalue weighted by Crippen LogP contribution is -2.08. The van der Waals surface area contributed by atoms with E-state index < -0.39 is 0 Å². The summed E-state index contributed by atoms with van der Waals surface area (Å²) in [5.41, 5.74) is 10.3. The Balaban J connectivity index is 1.84. The van der Waals surface area contributed by atoms with Crippen LogP contribution in [-0.4, -0.2) is 5.78 Å². The van der Waals surface area contributed by atoms with E-state index >= 15 is 0 Å². The number of nitrogen functional groups attached to an aromatic ring is 1. The topological polar surface area (TPSA) is 52.3 Å². The molecule has 2 N–H and O–H groups in total. The van der Waals surface area contributed by atoms with Crippen LogP contribution in [0, 0.1) is 0 Å². The molecular weight excluding hydrogens is 262 g/mol. The first-order valence-corrected chi connectivity index (χ1v) is 7.31. The van der Waals surface area contributed by atoms with Crippen LogP contribution >= 0.6 is 0 Å². The van der Waals surface area contributed by atoms with Gasteiger partial charge in [0, 0.05) is 22.4 Å². The van der Waals surface area contributed by atoms with Gasteiger partial charge in [0.05, 0.1) is 5.92 Å². The zero-order valence-corrected chi connectivity index (χ0v) is 12.1. The van der Waals surface area contributed by atoms with Crippen molar-refractivity contribution in [2.45, 2.75) is 31.8 Å². The fourth-order valence-corrected chi connectivity index (χ4v) is 3.42. The maximum atomic E-state index is 12.7. The average Bonchev–Trinajstić information content (AvgIpc) is 2.96. The summed E-state index contributed by atoms with van der Waals surface area (Å²) in [5, 5.41) is 0. The smallest absolute Gasteiger partial charge is 0.177 e. The molecule has 0 bridgehead atoms. The Hall–Kier alpha value is -2.29. The summed E-state index contributed by atoms with van der Waals surface area (Å²) >= 11 is 0. The van der Waals surface area contributed by atoms with Crippen molar-refractivity contribution in [1.29, 1.82) is 0 Å². The van der Waals surface area contributed by atoms with Crippen molar-refractivity contribution >= 4 is 11.5 Å². The van der Waals surface area contributed by atoms with Crippen molar-refractivity contribution in [2.24, 2.45) is 0 Å². The van der Waals surface area contributed by atoms with Gasteiger partial charge in [-0.2, -0.15) is 0 Å². The highest BCUT2D eigenvalue weighted by Crippen LogP contribution is 2.54. The second-order valence-electron chi connectivity index (χ2n) is 6.14. The third-order valence-electron chi connectivity index (χ3n) is 4.56. The number of hydrogen-bond acceptors (Lipinski definition) is 3. The average molecular weight is 279 g/mol. The largest absolute Gasteiger partial charge is 0.484 e. The summed E-state index contributed by atoms with van der Waals surface area (Å²) in [4.78, 5) is 12.7. The molecule has 2 aromatic carbocycles. The van der Waals surface area contributed by atoms with E-state index in [-0.39, 0.29) is 17.8 Å². The number of nitrogens with two attached hydrogens (primary N) is 1. The monoisotopic (exact) mass is 279 g/mol. The van der Waals surface area contributed by atoms with Gasteiger partial charge in [-0.3, -0.25) is 4.79 Å². The van der Waals surface area contributed by atoms with Crippen LogP contribution in [0.15, 0.2) is 36.4 Å². The van der Waals surface area contributed by atoms with Gasteiger partial charge in [-0.25, -0.2) is 0 Å². The van der Waals surface area contributed by atoms with Crippen molar-refractivity contribution in [2.75, 3.05) is 5.73 Å². The number of ketones is 1. The van der Waals surface area contributed by atoms with Gasteiger partial charge in [0.1, 0.15) is 11.9 Å². The zero-order valence-electron chi connectivity index (χ0n) is 12.1. The van der Waals surface area contributed by atoms with E-state index in [1.165, 1.54) is 5.56 Å².